The van der Waals surface area contributed by atoms with Crippen LogP contribution in [0.4, 0.5) is 0 Å². The average Bonchev–Trinajstić information content (AvgIpc) is 2.39. The molecule has 1 fully saturated rings. The van der Waals surface area contributed by atoms with E-state index in [9.17, 15) is 13.2 Å². The molecule has 116 valence electrons. The second kappa shape index (κ2) is 6.58. The molecule has 6 heteroatoms. The Morgan fingerprint density at radius 1 is 1.38 bits per heavy atom. The third kappa shape index (κ3) is 4.04. The Labute approximate surface area is 125 Å². The van der Waals surface area contributed by atoms with Gasteiger partial charge in [0.1, 0.15) is 0 Å². The monoisotopic (exact) mass is 311 g/mol. The second-order valence-electron chi connectivity index (χ2n) is 5.44. The fraction of sp³-hybridized carbons (Fsp3) is 0.533. The van der Waals surface area contributed by atoms with Crippen LogP contribution in [0.15, 0.2) is 23.1 Å². The first-order valence-electron chi connectivity index (χ1n) is 7.24. The lowest BCUT2D eigenvalue weighted by atomic mass is 9.83. The number of carbonyl (C=O) groups is 1. The third-order valence-electron chi connectivity index (χ3n) is 3.97. The molecule has 0 saturated heterocycles. The molecule has 0 aliphatic heterocycles. The van der Waals surface area contributed by atoms with Crippen molar-refractivity contribution in [3.63, 3.8) is 0 Å². The van der Waals surface area contributed by atoms with Gasteiger partial charge in [-0.1, -0.05) is 32.3 Å². The van der Waals surface area contributed by atoms with E-state index in [1.807, 2.05) is 6.92 Å². The summed E-state index contributed by atoms with van der Waals surface area (Å²) in [5.41, 5.74) is 0.827. The van der Waals surface area contributed by atoms with Crippen LogP contribution >= 0.6 is 0 Å². The highest BCUT2D eigenvalue weighted by Crippen LogP contribution is 2.29. The van der Waals surface area contributed by atoms with Crippen LogP contribution < -0.4 is 5.14 Å². The van der Waals surface area contributed by atoms with E-state index in [4.69, 9.17) is 9.88 Å². The van der Waals surface area contributed by atoms with Gasteiger partial charge in [-0.15, -0.1) is 0 Å². The zero-order chi connectivity index (χ0) is 15.5. The molecule has 1 saturated carbocycles. The van der Waals surface area contributed by atoms with Gasteiger partial charge in [-0.3, -0.25) is 0 Å². The number of ether oxygens (including phenoxy) is 1. The lowest BCUT2D eigenvalue weighted by Gasteiger charge is -2.24. The maximum Gasteiger partial charge on any atom is 0.338 e. The topological polar surface area (TPSA) is 86.5 Å². The standard InChI is InChI=1S/C15H21NO4S/c1-2-12-6-7-13(10-14(12)21(16,18)19)15(17)20-9-8-11-4-3-5-11/h6-7,10-11H,2-5,8-9H2,1H3,(H2,16,18,19). The molecule has 21 heavy (non-hydrogen) atoms. The third-order valence-corrected chi connectivity index (χ3v) is 4.97. The van der Waals surface area contributed by atoms with Crippen molar-refractivity contribution in [3.8, 4) is 0 Å². The number of sulfonamides is 1. The minimum absolute atomic E-state index is 0.00144. The molecule has 0 heterocycles. The first-order chi connectivity index (χ1) is 9.91. The van der Waals surface area contributed by atoms with Crippen LogP contribution in [0.25, 0.3) is 0 Å². The normalized spacial score (nSPS) is 15.5. The van der Waals surface area contributed by atoms with Gasteiger partial charge in [-0.2, -0.15) is 0 Å². The summed E-state index contributed by atoms with van der Waals surface area (Å²) in [5.74, 6) is 0.169. The lowest BCUT2D eigenvalue weighted by molar-refractivity contribution is 0.0464. The number of benzene rings is 1. The summed E-state index contributed by atoms with van der Waals surface area (Å²) < 4.78 is 28.3. The number of esters is 1. The van der Waals surface area contributed by atoms with Crippen LogP contribution in [-0.4, -0.2) is 21.0 Å². The van der Waals surface area contributed by atoms with E-state index in [-0.39, 0.29) is 10.5 Å². The molecule has 0 spiro atoms. The minimum atomic E-state index is -3.84. The molecule has 1 aromatic rings. The number of aryl methyl sites for hydroxylation is 1. The highest BCUT2D eigenvalue weighted by molar-refractivity contribution is 7.89. The molecule has 0 radical (unpaired) electrons. The summed E-state index contributed by atoms with van der Waals surface area (Å²) in [6, 6.07) is 4.50. The molecule has 0 bridgehead atoms. The SMILES string of the molecule is CCc1ccc(C(=O)OCCC2CCC2)cc1S(N)(=O)=O. The van der Waals surface area contributed by atoms with Crippen LogP contribution in [0.2, 0.25) is 0 Å². The number of hydrogen-bond donors (Lipinski definition) is 1. The molecule has 1 aliphatic carbocycles. The molecule has 0 unspecified atom stereocenters. The first kappa shape index (κ1) is 16.0. The smallest absolute Gasteiger partial charge is 0.338 e. The Kier molecular flexibility index (Phi) is 5.00. The summed E-state index contributed by atoms with van der Waals surface area (Å²) in [6.45, 7) is 2.21. The van der Waals surface area contributed by atoms with Gasteiger partial charge in [0.25, 0.3) is 0 Å². The Morgan fingerprint density at radius 3 is 2.62 bits per heavy atom. The molecule has 0 amide bonds. The average molecular weight is 311 g/mol. The van der Waals surface area contributed by atoms with Gasteiger partial charge in [0.15, 0.2) is 0 Å². The van der Waals surface area contributed by atoms with Crippen molar-refractivity contribution in [2.75, 3.05) is 6.61 Å². The number of nitrogens with two attached hydrogens (primary N) is 1. The number of carbonyl (C=O) groups excluding carboxylic acids is 1. The number of rotatable bonds is 6. The Morgan fingerprint density at radius 2 is 2.10 bits per heavy atom. The van der Waals surface area contributed by atoms with Crippen molar-refractivity contribution < 1.29 is 17.9 Å². The molecule has 0 aromatic heterocycles. The summed E-state index contributed by atoms with van der Waals surface area (Å²) in [6.07, 6.45) is 5.08. The zero-order valence-electron chi connectivity index (χ0n) is 12.2. The molecule has 2 rings (SSSR count). The second-order valence-corrected chi connectivity index (χ2v) is 6.97. The van der Waals surface area contributed by atoms with E-state index in [1.165, 1.54) is 25.3 Å². The summed E-state index contributed by atoms with van der Waals surface area (Å²) >= 11 is 0. The van der Waals surface area contributed by atoms with Gasteiger partial charge in [-0.05, 0) is 36.5 Å². The van der Waals surface area contributed by atoms with Crippen molar-refractivity contribution in [2.45, 2.75) is 43.9 Å². The van der Waals surface area contributed by atoms with Gasteiger partial charge in [0.2, 0.25) is 10.0 Å². The molecular formula is C15H21NO4S. The molecule has 0 atom stereocenters. The molecule has 1 aromatic carbocycles. The van der Waals surface area contributed by atoms with Gasteiger partial charge >= 0.3 is 5.97 Å². The van der Waals surface area contributed by atoms with E-state index in [0.29, 0.717) is 24.5 Å². The van der Waals surface area contributed by atoms with E-state index in [2.05, 4.69) is 0 Å². The van der Waals surface area contributed by atoms with E-state index < -0.39 is 16.0 Å². The van der Waals surface area contributed by atoms with E-state index in [0.717, 1.165) is 6.42 Å². The Hall–Kier alpha value is -1.40. The van der Waals surface area contributed by atoms with Crippen molar-refractivity contribution >= 4 is 16.0 Å². The highest BCUT2D eigenvalue weighted by atomic mass is 32.2. The molecule has 5 nitrogen and oxygen atoms in total. The molecule has 1 aliphatic rings. The largest absolute Gasteiger partial charge is 0.462 e. The predicted molar refractivity (Wildman–Crippen MR) is 79.4 cm³/mol. The fourth-order valence-electron chi connectivity index (χ4n) is 2.42. The quantitative estimate of drug-likeness (QED) is 0.816. The van der Waals surface area contributed by atoms with Crippen molar-refractivity contribution in [1.82, 2.24) is 0 Å². The van der Waals surface area contributed by atoms with Crippen molar-refractivity contribution in [1.29, 1.82) is 0 Å². The first-order valence-corrected chi connectivity index (χ1v) is 8.79. The summed E-state index contributed by atoms with van der Waals surface area (Å²) in [5, 5.41) is 5.19. The molecule has 2 N–H and O–H groups in total. The van der Waals surface area contributed by atoms with Gasteiger partial charge < -0.3 is 4.74 Å². The zero-order valence-corrected chi connectivity index (χ0v) is 13.0. The van der Waals surface area contributed by atoms with Gasteiger partial charge in [-0.25, -0.2) is 18.4 Å². The highest BCUT2D eigenvalue weighted by Gasteiger charge is 2.19. The van der Waals surface area contributed by atoms with Gasteiger partial charge in [0.05, 0.1) is 17.1 Å². The summed E-state index contributed by atoms with van der Waals surface area (Å²) in [7, 11) is -3.84. The number of primary sulfonamides is 1. The van der Waals surface area contributed by atoms with Crippen LogP contribution in [0, 0.1) is 5.92 Å². The number of hydrogen-bond acceptors (Lipinski definition) is 4. The Bertz CT molecular complexity index is 621. The maximum atomic E-state index is 12.0. The van der Waals surface area contributed by atoms with E-state index >= 15 is 0 Å². The Balaban J connectivity index is 2.06. The lowest BCUT2D eigenvalue weighted by Crippen LogP contribution is -2.17. The van der Waals surface area contributed by atoms with Crippen molar-refractivity contribution in [3.05, 3.63) is 29.3 Å². The molecular weight excluding hydrogens is 290 g/mol. The minimum Gasteiger partial charge on any atom is -0.462 e. The summed E-state index contributed by atoms with van der Waals surface area (Å²) in [4.78, 5) is 12.0. The van der Waals surface area contributed by atoms with Crippen LogP contribution in [0.3, 0.4) is 0 Å². The van der Waals surface area contributed by atoms with Crippen LogP contribution in [0.1, 0.15) is 48.5 Å². The predicted octanol–water partition coefficient (Wildman–Crippen LogP) is 2.24. The fourth-order valence-corrected chi connectivity index (χ4v) is 3.29. The van der Waals surface area contributed by atoms with Crippen LogP contribution in [-0.2, 0) is 21.2 Å². The van der Waals surface area contributed by atoms with E-state index in [1.54, 1.807) is 12.1 Å². The maximum absolute atomic E-state index is 12.0. The van der Waals surface area contributed by atoms with Crippen molar-refractivity contribution in [2.24, 2.45) is 11.1 Å². The van der Waals surface area contributed by atoms with Gasteiger partial charge in [0, 0.05) is 0 Å². The van der Waals surface area contributed by atoms with Crippen LogP contribution in [0.5, 0.6) is 0 Å².